The summed E-state index contributed by atoms with van der Waals surface area (Å²) in [6, 6.07) is 15.3. The highest BCUT2D eigenvalue weighted by Gasteiger charge is 2.23. The van der Waals surface area contributed by atoms with Gasteiger partial charge in [-0.1, -0.05) is 36.4 Å². The number of hydrogen-bond donors (Lipinski definition) is 1. The lowest BCUT2D eigenvalue weighted by Crippen LogP contribution is -2.05. The zero-order chi connectivity index (χ0) is 18.0. The summed E-state index contributed by atoms with van der Waals surface area (Å²) in [6.45, 7) is 1.31. The van der Waals surface area contributed by atoms with Crippen molar-refractivity contribution < 1.29 is 24.1 Å². The van der Waals surface area contributed by atoms with Gasteiger partial charge in [0.1, 0.15) is 0 Å². The van der Waals surface area contributed by atoms with E-state index >= 15 is 0 Å². The Morgan fingerprint density at radius 2 is 1.52 bits per heavy atom. The molecule has 0 aromatic heterocycles. The number of ether oxygens (including phenoxy) is 3. The summed E-state index contributed by atoms with van der Waals surface area (Å²) in [4.78, 5) is 11.6. The maximum Gasteiger partial charge on any atom is 0.308 e. The van der Waals surface area contributed by atoms with Crippen molar-refractivity contribution in [2.75, 3.05) is 14.2 Å². The molecule has 0 aliphatic carbocycles. The van der Waals surface area contributed by atoms with Gasteiger partial charge in [0, 0.05) is 17.7 Å². The van der Waals surface area contributed by atoms with Crippen molar-refractivity contribution in [3.63, 3.8) is 0 Å². The molecule has 0 fully saturated rings. The minimum absolute atomic E-state index is 0.0649. The SMILES string of the molecule is COc1c(OC)c(OC(C)=O)c2cc(-c3ccccc3)ccc2c1O. The molecule has 0 amide bonds. The van der Waals surface area contributed by atoms with Crippen LogP contribution in [0.15, 0.2) is 48.5 Å². The fraction of sp³-hybridized carbons (Fsp3) is 0.150. The Hall–Kier alpha value is -3.21. The van der Waals surface area contributed by atoms with Crippen molar-refractivity contribution in [1.82, 2.24) is 0 Å². The summed E-state index contributed by atoms with van der Waals surface area (Å²) >= 11 is 0. The third kappa shape index (κ3) is 2.96. The molecule has 0 spiro atoms. The van der Waals surface area contributed by atoms with E-state index in [1.54, 1.807) is 6.07 Å². The second-order valence-corrected chi connectivity index (χ2v) is 5.46. The van der Waals surface area contributed by atoms with Gasteiger partial charge >= 0.3 is 5.97 Å². The minimum atomic E-state index is -0.488. The van der Waals surface area contributed by atoms with Crippen LogP contribution >= 0.6 is 0 Å². The molecule has 0 atom stereocenters. The van der Waals surface area contributed by atoms with E-state index in [2.05, 4.69) is 0 Å². The van der Waals surface area contributed by atoms with Gasteiger partial charge in [-0.05, 0) is 23.3 Å². The number of phenols is 1. The molecule has 0 unspecified atom stereocenters. The van der Waals surface area contributed by atoms with Crippen LogP contribution < -0.4 is 14.2 Å². The van der Waals surface area contributed by atoms with Crippen molar-refractivity contribution in [3.8, 4) is 34.1 Å². The molecule has 0 saturated heterocycles. The van der Waals surface area contributed by atoms with Gasteiger partial charge in [-0.3, -0.25) is 4.79 Å². The van der Waals surface area contributed by atoms with E-state index in [1.807, 2.05) is 42.5 Å². The van der Waals surface area contributed by atoms with Gasteiger partial charge in [0.25, 0.3) is 0 Å². The molecule has 3 aromatic rings. The molecule has 0 aliphatic rings. The number of carbonyl (C=O) groups excluding carboxylic acids is 1. The molecule has 3 rings (SSSR count). The highest BCUT2D eigenvalue weighted by molar-refractivity contribution is 6.01. The zero-order valence-electron chi connectivity index (χ0n) is 14.2. The number of aromatic hydroxyl groups is 1. The number of esters is 1. The monoisotopic (exact) mass is 338 g/mol. The van der Waals surface area contributed by atoms with Crippen molar-refractivity contribution in [2.24, 2.45) is 0 Å². The van der Waals surface area contributed by atoms with E-state index < -0.39 is 5.97 Å². The topological polar surface area (TPSA) is 65.0 Å². The normalized spacial score (nSPS) is 10.5. The zero-order valence-corrected chi connectivity index (χ0v) is 14.2. The molecule has 0 bridgehead atoms. The average Bonchev–Trinajstić information content (AvgIpc) is 2.63. The Labute approximate surface area is 145 Å². The Morgan fingerprint density at radius 1 is 0.840 bits per heavy atom. The number of fused-ring (bicyclic) bond motifs is 1. The number of hydrogen-bond acceptors (Lipinski definition) is 5. The van der Waals surface area contributed by atoms with Gasteiger partial charge in [-0.15, -0.1) is 0 Å². The van der Waals surface area contributed by atoms with Crippen molar-refractivity contribution in [3.05, 3.63) is 48.5 Å². The summed E-state index contributed by atoms with van der Waals surface area (Å²) in [5.74, 6) is -0.0358. The lowest BCUT2D eigenvalue weighted by Gasteiger charge is -2.17. The van der Waals surface area contributed by atoms with Gasteiger partial charge in [-0.2, -0.15) is 0 Å². The third-order valence-electron chi connectivity index (χ3n) is 3.91. The molecule has 0 heterocycles. The van der Waals surface area contributed by atoms with Crippen molar-refractivity contribution in [2.45, 2.75) is 6.92 Å². The standard InChI is InChI=1S/C20H18O5/c1-12(21)25-18-16-11-14(13-7-5-4-6-8-13)9-10-15(16)17(22)19(23-2)20(18)24-3/h4-11,22H,1-3H3. The van der Waals surface area contributed by atoms with Crippen LogP contribution in [0.2, 0.25) is 0 Å². The quantitative estimate of drug-likeness (QED) is 0.572. The molecular formula is C20H18O5. The van der Waals surface area contributed by atoms with Crippen LogP contribution in [0, 0.1) is 0 Å². The maximum atomic E-state index is 11.6. The lowest BCUT2D eigenvalue weighted by molar-refractivity contribution is -0.131. The Bertz CT molecular complexity index is 932. The van der Waals surface area contributed by atoms with Crippen LogP contribution in [0.1, 0.15) is 6.92 Å². The van der Waals surface area contributed by atoms with E-state index in [4.69, 9.17) is 14.2 Å². The van der Waals surface area contributed by atoms with E-state index in [1.165, 1.54) is 21.1 Å². The number of carbonyl (C=O) groups is 1. The lowest BCUT2D eigenvalue weighted by atomic mass is 9.99. The number of phenolic OH excluding ortho intramolecular Hbond substituents is 1. The summed E-state index contributed by atoms with van der Waals surface area (Å²) in [5.41, 5.74) is 1.93. The van der Waals surface area contributed by atoms with Crippen molar-refractivity contribution in [1.29, 1.82) is 0 Å². The van der Waals surface area contributed by atoms with Gasteiger partial charge in [-0.25, -0.2) is 0 Å². The Morgan fingerprint density at radius 3 is 2.12 bits per heavy atom. The summed E-state index contributed by atoms with van der Waals surface area (Å²) in [7, 11) is 2.84. The van der Waals surface area contributed by atoms with E-state index in [9.17, 15) is 9.90 Å². The molecule has 0 saturated carbocycles. The smallest absolute Gasteiger partial charge is 0.308 e. The molecule has 25 heavy (non-hydrogen) atoms. The molecule has 5 heteroatoms. The van der Waals surface area contributed by atoms with Gasteiger partial charge < -0.3 is 19.3 Å². The molecule has 5 nitrogen and oxygen atoms in total. The van der Waals surface area contributed by atoms with Crippen LogP contribution in [0.4, 0.5) is 0 Å². The highest BCUT2D eigenvalue weighted by atomic mass is 16.6. The maximum absolute atomic E-state index is 11.6. The van der Waals surface area contributed by atoms with Crippen LogP contribution in [0.25, 0.3) is 21.9 Å². The average molecular weight is 338 g/mol. The Kier molecular flexibility index (Phi) is 4.48. The largest absolute Gasteiger partial charge is 0.504 e. The first-order chi connectivity index (χ1) is 12.1. The first-order valence-corrected chi connectivity index (χ1v) is 7.71. The molecule has 1 N–H and O–H groups in total. The summed E-state index contributed by atoms with van der Waals surface area (Å²) in [6.07, 6.45) is 0. The first-order valence-electron chi connectivity index (χ1n) is 7.71. The van der Waals surface area contributed by atoms with Gasteiger partial charge in [0.15, 0.2) is 11.5 Å². The molecule has 128 valence electrons. The first kappa shape index (κ1) is 16.6. The van der Waals surface area contributed by atoms with Gasteiger partial charge in [0.2, 0.25) is 11.5 Å². The fourth-order valence-corrected chi connectivity index (χ4v) is 2.82. The molecule has 3 aromatic carbocycles. The van der Waals surface area contributed by atoms with Gasteiger partial charge in [0.05, 0.1) is 14.2 Å². The van der Waals surface area contributed by atoms with Crippen LogP contribution in [-0.4, -0.2) is 25.3 Å². The second-order valence-electron chi connectivity index (χ2n) is 5.46. The summed E-state index contributed by atoms with van der Waals surface area (Å²) < 4.78 is 16.0. The Balaban J connectivity index is 2.35. The number of rotatable bonds is 4. The number of methoxy groups -OCH3 is 2. The highest BCUT2D eigenvalue weighted by Crippen LogP contribution is 2.51. The van der Waals surface area contributed by atoms with Crippen LogP contribution in [0.5, 0.6) is 23.0 Å². The van der Waals surface area contributed by atoms with E-state index in [-0.39, 0.29) is 23.0 Å². The fourth-order valence-electron chi connectivity index (χ4n) is 2.82. The number of benzene rings is 3. The molecule has 0 radical (unpaired) electrons. The second kappa shape index (κ2) is 6.73. The van der Waals surface area contributed by atoms with Crippen molar-refractivity contribution >= 4 is 16.7 Å². The van der Waals surface area contributed by atoms with Crippen LogP contribution in [0.3, 0.4) is 0 Å². The minimum Gasteiger partial charge on any atom is -0.504 e. The molecular weight excluding hydrogens is 320 g/mol. The molecule has 0 aliphatic heterocycles. The third-order valence-corrected chi connectivity index (χ3v) is 3.91. The summed E-state index contributed by atoms with van der Waals surface area (Å²) in [5, 5.41) is 11.6. The van der Waals surface area contributed by atoms with E-state index in [0.717, 1.165) is 11.1 Å². The predicted octanol–water partition coefficient (Wildman–Crippen LogP) is 4.15. The van der Waals surface area contributed by atoms with E-state index in [0.29, 0.717) is 10.8 Å². The predicted molar refractivity (Wildman–Crippen MR) is 95.5 cm³/mol. The van der Waals surface area contributed by atoms with Crippen LogP contribution in [-0.2, 0) is 4.79 Å².